The number of imidazole rings is 3. The Balaban J connectivity index is 0.882. The van der Waals surface area contributed by atoms with Gasteiger partial charge in [0.2, 0.25) is 0 Å². The molecule has 0 atom stereocenters. The second-order valence-electron chi connectivity index (χ2n) is 16.9. The van der Waals surface area contributed by atoms with Crippen LogP contribution >= 0.6 is 22.7 Å². The third-order valence-corrected chi connectivity index (χ3v) is 14.9. The number of benzene rings is 6. The lowest BCUT2D eigenvalue weighted by Crippen LogP contribution is -2.00. The smallest absolute Gasteiger partial charge is 0.155 e. The van der Waals surface area contributed by atoms with Crippen LogP contribution in [0.25, 0.3) is 126 Å². The van der Waals surface area contributed by atoms with Gasteiger partial charge in [0.1, 0.15) is 11.3 Å². The van der Waals surface area contributed by atoms with Gasteiger partial charge >= 0.3 is 0 Å². The Morgan fingerprint density at radius 3 is 1.62 bits per heavy atom. The van der Waals surface area contributed by atoms with Crippen molar-refractivity contribution in [3.8, 4) is 72.1 Å². The summed E-state index contributed by atoms with van der Waals surface area (Å²) in [5.41, 5.74) is 13.6. The zero-order valence-electron chi connectivity index (χ0n) is 36.5. The normalized spacial score (nSPS) is 11.8. The SMILES string of the molecule is c1ccc(-n2c(-c3cc4ccccc4cc3-c3ccc(-n4c(-c5cccs5)nc5c(-c6ccc(-n7c(-c8cc9ccccc9s8)nc8ccncc87)cc6)cncc54)cc3)nc3ccncc32)cc1. The second-order valence-corrected chi connectivity index (χ2v) is 18.9. The van der Waals surface area contributed by atoms with Gasteiger partial charge in [0.25, 0.3) is 0 Å². The quantitative estimate of drug-likeness (QED) is 0.151. The van der Waals surface area contributed by atoms with Gasteiger partial charge in [-0.2, -0.15) is 0 Å². The molecule has 324 valence electrons. The fourth-order valence-corrected chi connectivity index (χ4v) is 11.4. The fourth-order valence-electron chi connectivity index (χ4n) is 9.67. The minimum absolute atomic E-state index is 0.855. The van der Waals surface area contributed by atoms with E-state index < -0.39 is 0 Å². The third kappa shape index (κ3) is 6.51. The molecular formula is C58H35N9S2. The largest absolute Gasteiger partial charge is 0.291 e. The van der Waals surface area contributed by atoms with E-state index in [1.54, 1.807) is 35.1 Å². The Morgan fingerprint density at radius 1 is 0.377 bits per heavy atom. The van der Waals surface area contributed by atoms with Crippen LogP contribution in [0.1, 0.15) is 0 Å². The number of para-hydroxylation sites is 1. The Hall–Kier alpha value is -8.90. The van der Waals surface area contributed by atoms with E-state index in [2.05, 4.69) is 181 Å². The highest BCUT2D eigenvalue weighted by Crippen LogP contribution is 2.41. The summed E-state index contributed by atoms with van der Waals surface area (Å²) in [4.78, 5) is 31.8. The highest BCUT2D eigenvalue weighted by atomic mass is 32.1. The van der Waals surface area contributed by atoms with Gasteiger partial charge in [0.15, 0.2) is 11.6 Å². The monoisotopic (exact) mass is 921 g/mol. The molecule has 0 radical (unpaired) electrons. The molecule has 0 spiro atoms. The highest BCUT2D eigenvalue weighted by molar-refractivity contribution is 7.22. The zero-order valence-corrected chi connectivity index (χ0v) is 38.2. The molecule has 8 heterocycles. The molecule has 6 aromatic carbocycles. The maximum absolute atomic E-state index is 5.42. The lowest BCUT2D eigenvalue weighted by atomic mass is 9.94. The van der Waals surface area contributed by atoms with E-state index >= 15 is 0 Å². The summed E-state index contributed by atoms with van der Waals surface area (Å²) < 4.78 is 7.89. The van der Waals surface area contributed by atoms with Crippen LogP contribution in [0.4, 0.5) is 0 Å². The van der Waals surface area contributed by atoms with Crippen LogP contribution < -0.4 is 0 Å². The Kier molecular flexibility index (Phi) is 9.04. The average molecular weight is 922 g/mol. The van der Waals surface area contributed by atoms with E-state index in [1.165, 1.54) is 10.1 Å². The fraction of sp³-hybridized carbons (Fsp3) is 0. The second kappa shape index (κ2) is 15.9. The molecule has 0 saturated heterocycles. The highest BCUT2D eigenvalue weighted by Gasteiger charge is 2.23. The first-order valence-electron chi connectivity index (χ1n) is 22.5. The number of rotatable bonds is 8. The number of pyridine rings is 3. The standard InChI is InChI=1S/C58H35N9S2/c1-2-12-41(13-3-1)65-49-33-59-26-24-47(49)62-56(65)45-30-39-10-5-4-9-38(39)29-44(45)36-16-20-43(21-17-36)67-51-35-61-32-46(55(51)64-57(67)53-15-8-28-68-53)37-18-22-42(23-19-37)66-50-34-60-27-25-48(50)63-58(66)54-31-40-11-6-7-14-52(40)69-54/h1-35H. The van der Waals surface area contributed by atoms with Crippen molar-refractivity contribution < 1.29 is 0 Å². The molecule has 0 N–H and O–H groups in total. The van der Waals surface area contributed by atoms with Crippen LogP contribution in [0.5, 0.6) is 0 Å². The van der Waals surface area contributed by atoms with Crippen LogP contribution in [0.2, 0.25) is 0 Å². The molecular weight excluding hydrogens is 887 g/mol. The predicted octanol–water partition coefficient (Wildman–Crippen LogP) is 14.7. The summed E-state index contributed by atoms with van der Waals surface area (Å²) in [5, 5.41) is 5.61. The molecule has 69 heavy (non-hydrogen) atoms. The van der Waals surface area contributed by atoms with Crippen molar-refractivity contribution in [3.05, 3.63) is 212 Å². The number of fused-ring (bicyclic) bond motifs is 5. The molecule has 0 unspecified atom stereocenters. The molecule has 0 amide bonds. The number of thiophene rings is 2. The van der Waals surface area contributed by atoms with Crippen LogP contribution in [0, 0.1) is 0 Å². The molecule has 14 aromatic rings. The zero-order chi connectivity index (χ0) is 45.4. The molecule has 14 rings (SSSR count). The molecule has 0 bridgehead atoms. The summed E-state index contributed by atoms with van der Waals surface area (Å²) in [6, 6.07) is 59.8. The first-order valence-corrected chi connectivity index (χ1v) is 24.2. The molecule has 0 aliphatic rings. The summed E-state index contributed by atoms with van der Waals surface area (Å²) in [7, 11) is 0. The van der Waals surface area contributed by atoms with Crippen molar-refractivity contribution in [2.45, 2.75) is 0 Å². The van der Waals surface area contributed by atoms with Crippen LogP contribution in [-0.4, -0.2) is 43.6 Å². The maximum Gasteiger partial charge on any atom is 0.155 e. The van der Waals surface area contributed by atoms with Gasteiger partial charge in [-0.1, -0.05) is 91.0 Å². The van der Waals surface area contributed by atoms with Crippen molar-refractivity contribution in [3.63, 3.8) is 0 Å². The third-order valence-electron chi connectivity index (χ3n) is 12.9. The number of nitrogens with zero attached hydrogens (tertiary/aromatic N) is 9. The topological polar surface area (TPSA) is 92.1 Å². The summed E-state index contributed by atoms with van der Waals surface area (Å²) in [6.45, 7) is 0. The molecule has 0 fully saturated rings. The van der Waals surface area contributed by atoms with Crippen molar-refractivity contribution in [2.75, 3.05) is 0 Å². The molecule has 0 aliphatic carbocycles. The van der Waals surface area contributed by atoms with Crippen molar-refractivity contribution in [1.82, 2.24) is 43.6 Å². The van der Waals surface area contributed by atoms with Crippen LogP contribution in [0.3, 0.4) is 0 Å². The average Bonchev–Trinajstić information content (AvgIpc) is 4.27. The van der Waals surface area contributed by atoms with Gasteiger partial charge in [-0.05, 0) is 117 Å². The van der Waals surface area contributed by atoms with Gasteiger partial charge in [-0.3, -0.25) is 28.7 Å². The van der Waals surface area contributed by atoms with E-state index in [-0.39, 0.29) is 0 Å². The Morgan fingerprint density at radius 2 is 0.942 bits per heavy atom. The Labute approximate surface area is 402 Å². The number of hydrogen-bond acceptors (Lipinski definition) is 8. The van der Waals surface area contributed by atoms with Gasteiger partial charge < -0.3 is 0 Å². The number of hydrogen-bond donors (Lipinski definition) is 0. The summed E-state index contributed by atoms with van der Waals surface area (Å²) in [5.74, 6) is 2.61. The van der Waals surface area contributed by atoms with Gasteiger partial charge in [-0.25, -0.2) is 15.0 Å². The van der Waals surface area contributed by atoms with E-state index in [4.69, 9.17) is 19.9 Å². The molecule has 0 aliphatic heterocycles. The first kappa shape index (κ1) is 39.3. The van der Waals surface area contributed by atoms with Crippen LogP contribution in [0.15, 0.2) is 212 Å². The van der Waals surface area contributed by atoms with E-state index in [0.29, 0.717) is 0 Å². The predicted molar refractivity (Wildman–Crippen MR) is 282 cm³/mol. The van der Waals surface area contributed by atoms with Gasteiger partial charge in [0, 0.05) is 51.5 Å². The lowest BCUT2D eigenvalue weighted by molar-refractivity contribution is 1.10. The lowest BCUT2D eigenvalue weighted by Gasteiger charge is -2.16. The minimum Gasteiger partial charge on any atom is -0.291 e. The van der Waals surface area contributed by atoms with Crippen molar-refractivity contribution in [1.29, 1.82) is 0 Å². The van der Waals surface area contributed by atoms with Crippen molar-refractivity contribution in [2.24, 2.45) is 0 Å². The van der Waals surface area contributed by atoms with E-state index in [0.717, 1.165) is 116 Å². The Bertz CT molecular complexity index is 4210. The minimum atomic E-state index is 0.855. The van der Waals surface area contributed by atoms with Gasteiger partial charge in [-0.15, -0.1) is 22.7 Å². The number of aromatic nitrogens is 9. The maximum atomic E-state index is 5.42. The summed E-state index contributed by atoms with van der Waals surface area (Å²) >= 11 is 3.42. The van der Waals surface area contributed by atoms with E-state index in [9.17, 15) is 0 Å². The van der Waals surface area contributed by atoms with E-state index in [1.807, 2.05) is 43.0 Å². The molecule has 11 heteroatoms. The first-order chi connectivity index (χ1) is 34.2. The molecule has 9 nitrogen and oxygen atoms in total. The van der Waals surface area contributed by atoms with Crippen LogP contribution in [-0.2, 0) is 0 Å². The molecule has 8 aromatic heterocycles. The summed E-state index contributed by atoms with van der Waals surface area (Å²) in [6.07, 6.45) is 11.2. The molecule has 0 saturated carbocycles. The van der Waals surface area contributed by atoms with Gasteiger partial charge in [0.05, 0.1) is 55.9 Å². The van der Waals surface area contributed by atoms with Crippen molar-refractivity contribution >= 4 is 76.6 Å².